The molecule has 2 heterocycles. The molecule has 3 rings (SSSR count). The van der Waals surface area contributed by atoms with Crippen molar-refractivity contribution in [1.29, 1.82) is 0 Å². The number of aromatic nitrogens is 3. The zero-order valence-electron chi connectivity index (χ0n) is 10.2. The summed E-state index contributed by atoms with van der Waals surface area (Å²) < 4.78 is 2.71. The van der Waals surface area contributed by atoms with Gasteiger partial charge in [-0.1, -0.05) is 6.07 Å². The van der Waals surface area contributed by atoms with Gasteiger partial charge < -0.3 is 5.32 Å². The first kappa shape index (κ1) is 13.0. The number of amides is 1. The molecule has 0 saturated carbocycles. The summed E-state index contributed by atoms with van der Waals surface area (Å²) >= 11 is 4.74. The smallest absolute Gasteiger partial charge is 0.265 e. The first-order chi connectivity index (χ1) is 9.72. The molecule has 0 aliphatic rings. The molecule has 0 saturated heterocycles. The molecule has 2 aromatic heterocycles. The first-order valence-electron chi connectivity index (χ1n) is 5.74. The van der Waals surface area contributed by atoms with Crippen molar-refractivity contribution in [3.05, 3.63) is 57.7 Å². The second-order valence-corrected chi connectivity index (χ2v) is 6.44. The molecule has 5 nitrogen and oxygen atoms in total. The summed E-state index contributed by atoms with van der Waals surface area (Å²) in [7, 11) is 0. The molecule has 0 radical (unpaired) electrons. The van der Waals surface area contributed by atoms with Gasteiger partial charge in [-0.25, -0.2) is 0 Å². The molecule has 100 valence electrons. The van der Waals surface area contributed by atoms with E-state index in [1.54, 1.807) is 23.3 Å². The Morgan fingerprint density at radius 2 is 2.00 bits per heavy atom. The Bertz CT molecular complexity index is 738. The maximum Gasteiger partial charge on any atom is 0.265 e. The number of carbonyl (C=O) groups is 1. The highest BCUT2D eigenvalue weighted by atomic mass is 79.9. The van der Waals surface area contributed by atoms with E-state index < -0.39 is 0 Å². The van der Waals surface area contributed by atoms with Crippen LogP contribution in [-0.4, -0.2) is 20.7 Å². The van der Waals surface area contributed by atoms with Crippen LogP contribution >= 0.6 is 27.3 Å². The summed E-state index contributed by atoms with van der Waals surface area (Å²) in [6.07, 6.45) is 3.22. The van der Waals surface area contributed by atoms with Gasteiger partial charge in [0, 0.05) is 5.69 Å². The van der Waals surface area contributed by atoms with E-state index in [0.29, 0.717) is 4.88 Å². The summed E-state index contributed by atoms with van der Waals surface area (Å²) in [5.74, 6) is -0.124. The SMILES string of the molecule is O=C(Nc1cccc(-n2cnnc2)c1)c1ccc(Br)s1. The van der Waals surface area contributed by atoms with Crippen LogP contribution in [0.15, 0.2) is 52.8 Å². The lowest BCUT2D eigenvalue weighted by molar-refractivity contribution is 0.103. The van der Waals surface area contributed by atoms with Gasteiger partial charge in [0.25, 0.3) is 5.91 Å². The van der Waals surface area contributed by atoms with E-state index in [2.05, 4.69) is 31.4 Å². The predicted molar refractivity (Wildman–Crippen MR) is 81.3 cm³/mol. The Morgan fingerprint density at radius 3 is 2.70 bits per heavy atom. The number of nitrogens with zero attached hydrogens (tertiary/aromatic N) is 3. The van der Waals surface area contributed by atoms with Gasteiger partial charge in [-0.3, -0.25) is 9.36 Å². The van der Waals surface area contributed by atoms with Crippen molar-refractivity contribution < 1.29 is 4.79 Å². The second-order valence-electron chi connectivity index (χ2n) is 3.98. The van der Waals surface area contributed by atoms with Crippen molar-refractivity contribution in [1.82, 2.24) is 14.8 Å². The molecule has 0 bridgehead atoms. The highest BCUT2D eigenvalue weighted by molar-refractivity contribution is 9.11. The standard InChI is InChI=1S/C13H9BrN4OS/c14-12-5-4-11(20-12)13(19)17-9-2-1-3-10(6-9)18-7-15-16-8-18/h1-8H,(H,17,19). The minimum Gasteiger partial charge on any atom is -0.321 e. The quantitative estimate of drug-likeness (QED) is 0.789. The van der Waals surface area contributed by atoms with E-state index >= 15 is 0 Å². The summed E-state index contributed by atoms with van der Waals surface area (Å²) in [5, 5.41) is 10.4. The fourth-order valence-corrected chi connectivity index (χ4v) is 2.99. The number of nitrogens with one attached hydrogen (secondary N) is 1. The van der Waals surface area contributed by atoms with E-state index in [9.17, 15) is 4.79 Å². The lowest BCUT2D eigenvalue weighted by Crippen LogP contribution is -2.10. The molecule has 1 aromatic carbocycles. The summed E-state index contributed by atoms with van der Waals surface area (Å²) in [6.45, 7) is 0. The molecule has 3 aromatic rings. The van der Waals surface area contributed by atoms with Gasteiger partial charge in [0.1, 0.15) is 12.7 Å². The van der Waals surface area contributed by atoms with Gasteiger partial charge in [0.2, 0.25) is 0 Å². The van der Waals surface area contributed by atoms with Crippen molar-refractivity contribution in [3.8, 4) is 5.69 Å². The minimum absolute atomic E-state index is 0.124. The number of thiophene rings is 1. The Hall–Kier alpha value is -1.99. The Balaban J connectivity index is 1.81. The Labute approximate surface area is 127 Å². The fourth-order valence-electron chi connectivity index (χ4n) is 1.71. The van der Waals surface area contributed by atoms with Crippen LogP contribution in [0, 0.1) is 0 Å². The predicted octanol–water partition coefficient (Wildman–Crippen LogP) is 3.34. The Kier molecular flexibility index (Phi) is 3.62. The van der Waals surface area contributed by atoms with Crippen LogP contribution in [0.1, 0.15) is 9.67 Å². The number of rotatable bonds is 3. The summed E-state index contributed by atoms with van der Waals surface area (Å²) in [4.78, 5) is 12.7. The molecular weight excluding hydrogens is 340 g/mol. The molecule has 0 aliphatic heterocycles. The molecule has 0 aliphatic carbocycles. The lowest BCUT2D eigenvalue weighted by Gasteiger charge is -2.06. The van der Waals surface area contributed by atoms with Crippen molar-refractivity contribution in [2.75, 3.05) is 5.32 Å². The number of hydrogen-bond acceptors (Lipinski definition) is 4. The normalized spacial score (nSPS) is 10.4. The van der Waals surface area contributed by atoms with Gasteiger partial charge >= 0.3 is 0 Å². The lowest BCUT2D eigenvalue weighted by atomic mass is 10.2. The van der Waals surface area contributed by atoms with Crippen LogP contribution in [0.5, 0.6) is 0 Å². The van der Waals surface area contributed by atoms with Crippen molar-refractivity contribution in [3.63, 3.8) is 0 Å². The summed E-state index contributed by atoms with van der Waals surface area (Å²) in [5.41, 5.74) is 1.62. The van der Waals surface area contributed by atoms with E-state index in [1.165, 1.54) is 11.3 Å². The van der Waals surface area contributed by atoms with Crippen molar-refractivity contribution >= 4 is 38.9 Å². The average molecular weight is 349 g/mol. The number of carbonyl (C=O) groups excluding carboxylic acids is 1. The Morgan fingerprint density at radius 1 is 1.20 bits per heavy atom. The number of halogens is 1. The molecule has 0 atom stereocenters. The summed E-state index contributed by atoms with van der Waals surface area (Å²) in [6, 6.07) is 11.1. The molecule has 0 unspecified atom stereocenters. The maximum absolute atomic E-state index is 12.1. The number of benzene rings is 1. The topological polar surface area (TPSA) is 59.8 Å². The largest absolute Gasteiger partial charge is 0.321 e. The van der Waals surface area contributed by atoms with Crippen molar-refractivity contribution in [2.45, 2.75) is 0 Å². The van der Waals surface area contributed by atoms with Crippen LogP contribution in [0.4, 0.5) is 5.69 Å². The monoisotopic (exact) mass is 348 g/mol. The zero-order valence-corrected chi connectivity index (χ0v) is 12.6. The van der Waals surface area contributed by atoms with Gasteiger partial charge in [-0.05, 0) is 46.3 Å². The number of hydrogen-bond donors (Lipinski definition) is 1. The van der Waals surface area contributed by atoms with E-state index in [4.69, 9.17) is 0 Å². The number of anilines is 1. The van der Waals surface area contributed by atoms with E-state index in [1.807, 2.05) is 30.3 Å². The zero-order chi connectivity index (χ0) is 13.9. The first-order valence-corrected chi connectivity index (χ1v) is 7.35. The fraction of sp³-hybridized carbons (Fsp3) is 0. The van der Waals surface area contributed by atoms with Gasteiger partial charge in [-0.15, -0.1) is 21.5 Å². The van der Waals surface area contributed by atoms with Gasteiger partial charge in [0.05, 0.1) is 14.4 Å². The van der Waals surface area contributed by atoms with Crippen molar-refractivity contribution in [2.24, 2.45) is 0 Å². The van der Waals surface area contributed by atoms with E-state index in [0.717, 1.165) is 15.2 Å². The highest BCUT2D eigenvalue weighted by Gasteiger charge is 2.09. The molecule has 7 heteroatoms. The van der Waals surface area contributed by atoms with Crippen LogP contribution in [0.2, 0.25) is 0 Å². The highest BCUT2D eigenvalue weighted by Crippen LogP contribution is 2.23. The van der Waals surface area contributed by atoms with Gasteiger partial charge in [-0.2, -0.15) is 0 Å². The molecular formula is C13H9BrN4OS. The van der Waals surface area contributed by atoms with Crippen LogP contribution in [-0.2, 0) is 0 Å². The third-order valence-corrected chi connectivity index (χ3v) is 4.24. The van der Waals surface area contributed by atoms with Crippen LogP contribution < -0.4 is 5.32 Å². The van der Waals surface area contributed by atoms with Gasteiger partial charge in [0.15, 0.2) is 0 Å². The molecule has 0 fully saturated rings. The third kappa shape index (κ3) is 2.78. The van der Waals surface area contributed by atoms with Crippen LogP contribution in [0.3, 0.4) is 0 Å². The van der Waals surface area contributed by atoms with Crippen LogP contribution in [0.25, 0.3) is 5.69 Å². The molecule has 0 spiro atoms. The molecule has 1 N–H and O–H groups in total. The average Bonchev–Trinajstić information content (AvgIpc) is 3.10. The third-order valence-electron chi connectivity index (χ3n) is 2.62. The maximum atomic E-state index is 12.1. The minimum atomic E-state index is -0.124. The molecule has 20 heavy (non-hydrogen) atoms. The second kappa shape index (κ2) is 5.56. The molecule has 1 amide bonds. The van der Waals surface area contributed by atoms with E-state index in [-0.39, 0.29) is 5.91 Å².